The number of amides is 1. The summed E-state index contributed by atoms with van der Waals surface area (Å²) in [5.41, 5.74) is 2.34. The van der Waals surface area contributed by atoms with Gasteiger partial charge in [0.1, 0.15) is 0 Å². The van der Waals surface area contributed by atoms with Crippen molar-refractivity contribution in [2.24, 2.45) is 0 Å². The fourth-order valence-corrected chi connectivity index (χ4v) is 5.50. The molecule has 7 nitrogen and oxygen atoms in total. The summed E-state index contributed by atoms with van der Waals surface area (Å²) in [6, 6.07) is 18.6. The third-order valence-electron chi connectivity index (χ3n) is 5.63. The minimum atomic E-state index is 0.119. The molecule has 0 N–H and O–H groups in total. The van der Waals surface area contributed by atoms with E-state index in [2.05, 4.69) is 50.4 Å². The summed E-state index contributed by atoms with van der Waals surface area (Å²) in [6.45, 7) is 4.22. The number of carbonyl (C=O) groups is 1. The number of aromatic nitrogens is 3. The Balaban J connectivity index is 1.05. The molecule has 3 heterocycles. The van der Waals surface area contributed by atoms with E-state index in [0.717, 1.165) is 49.7 Å². The molecular formula is C24H25N5O2S2. The summed E-state index contributed by atoms with van der Waals surface area (Å²) in [5, 5.41) is 9.74. The van der Waals surface area contributed by atoms with Crippen LogP contribution in [0.2, 0.25) is 0 Å². The van der Waals surface area contributed by atoms with Gasteiger partial charge in [0.2, 0.25) is 11.8 Å². The zero-order valence-electron chi connectivity index (χ0n) is 18.2. The monoisotopic (exact) mass is 479 g/mol. The fourth-order valence-electron chi connectivity index (χ4n) is 3.85. The first-order valence-corrected chi connectivity index (χ1v) is 12.9. The number of hydrogen-bond donors (Lipinski definition) is 0. The molecule has 0 unspecified atom stereocenters. The number of fused-ring (bicyclic) bond motifs is 1. The predicted octanol–water partition coefficient (Wildman–Crippen LogP) is 3.90. The molecule has 0 aliphatic carbocycles. The Kier molecular flexibility index (Phi) is 6.99. The molecule has 170 valence electrons. The lowest BCUT2D eigenvalue weighted by atomic mass is 10.2. The van der Waals surface area contributed by atoms with Gasteiger partial charge < -0.3 is 9.32 Å². The summed E-state index contributed by atoms with van der Waals surface area (Å²) in [4.78, 5) is 21.6. The van der Waals surface area contributed by atoms with Crippen LogP contribution in [0.5, 0.6) is 0 Å². The van der Waals surface area contributed by atoms with E-state index in [0.29, 0.717) is 23.3 Å². The lowest BCUT2D eigenvalue weighted by molar-refractivity contribution is -0.130. The van der Waals surface area contributed by atoms with Crippen LogP contribution in [-0.2, 0) is 24.2 Å². The SMILES string of the molecule is O=C(CSc1nnc(CCc2nc3ccccc3s2)o1)N1CCN(Cc2ccccc2)CC1. The van der Waals surface area contributed by atoms with Crippen molar-refractivity contribution in [1.82, 2.24) is 25.0 Å². The average molecular weight is 480 g/mol. The molecule has 0 spiro atoms. The molecule has 1 fully saturated rings. The molecule has 0 atom stereocenters. The van der Waals surface area contributed by atoms with Crippen LogP contribution in [0, 0.1) is 0 Å². The highest BCUT2D eigenvalue weighted by molar-refractivity contribution is 7.99. The lowest BCUT2D eigenvalue weighted by Gasteiger charge is -2.34. The maximum absolute atomic E-state index is 12.6. The van der Waals surface area contributed by atoms with E-state index in [9.17, 15) is 4.79 Å². The first-order chi connectivity index (χ1) is 16.2. The van der Waals surface area contributed by atoms with Gasteiger partial charge in [-0.2, -0.15) is 0 Å². The Morgan fingerprint density at radius 1 is 0.970 bits per heavy atom. The minimum absolute atomic E-state index is 0.119. The topological polar surface area (TPSA) is 75.4 Å². The highest BCUT2D eigenvalue weighted by atomic mass is 32.2. The Bertz CT molecular complexity index is 1170. The van der Waals surface area contributed by atoms with Crippen molar-refractivity contribution in [3.05, 3.63) is 71.1 Å². The predicted molar refractivity (Wildman–Crippen MR) is 130 cm³/mol. The van der Waals surface area contributed by atoms with Gasteiger partial charge in [-0.1, -0.05) is 54.2 Å². The van der Waals surface area contributed by atoms with Gasteiger partial charge in [0.05, 0.1) is 21.0 Å². The van der Waals surface area contributed by atoms with Gasteiger partial charge in [-0.15, -0.1) is 21.5 Å². The van der Waals surface area contributed by atoms with Crippen LogP contribution in [0.3, 0.4) is 0 Å². The molecule has 1 amide bonds. The van der Waals surface area contributed by atoms with Gasteiger partial charge in [-0.25, -0.2) is 4.98 Å². The maximum atomic E-state index is 12.6. The Labute approximate surface area is 200 Å². The van der Waals surface area contributed by atoms with Crippen molar-refractivity contribution in [2.75, 3.05) is 31.9 Å². The molecule has 9 heteroatoms. The molecule has 1 aliphatic rings. The zero-order valence-corrected chi connectivity index (χ0v) is 19.9. The molecule has 33 heavy (non-hydrogen) atoms. The Morgan fingerprint density at radius 2 is 1.76 bits per heavy atom. The molecule has 5 rings (SSSR count). The molecule has 1 saturated heterocycles. The van der Waals surface area contributed by atoms with Crippen LogP contribution in [0.1, 0.15) is 16.5 Å². The van der Waals surface area contributed by atoms with Crippen molar-refractivity contribution in [2.45, 2.75) is 24.6 Å². The van der Waals surface area contributed by atoms with E-state index in [1.807, 2.05) is 29.2 Å². The first-order valence-electron chi connectivity index (χ1n) is 11.1. The van der Waals surface area contributed by atoms with Crippen molar-refractivity contribution >= 4 is 39.2 Å². The van der Waals surface area contributed by atoms with E-state index in [4.69, 9.17) is 4.42 Å². The van der Waals surface area contributed by atoms with Crippen molar-refractivity contribution in [3.8, 4) is 0 Å². The second kappa shape index (κ2) is 10.5. The number of hydrogen-bond acceptors (Lipinski definition) is 8. The normalized spacial score (nSPS) is 14.7. The van der Waals surface area contributed by atoms with Gasteiger partial charge in [-0.3, -0.25) is 9.69 Å². The highest BCUT2D eigenvalue weighted by Gasteiger charge is 2.22. The van der Waals surface area contributed by atoms with Crippen LogP contribution < -0.4 is 0 Å². The number of carbonyl (C=O) groups excluding carboxylic acids is 1. The van der Waals surface area contributed by atoms with Crippen LogP contribution >= 0.6 is 23.1 Å². The molecule has 2 aromatic heterocycles. The van der Waals surface area contributed by atoms with Gasteiger partial charge >= 0.3 is 0 Å². The molecule has 2 aromatic carbocycles. The second-order valence-electron chi connectivity index (χ2n) is 7.97. The van der Waals surface area contributed by atoms with E-state index < -0.39 is 0 Å². The number of benzene rings is 2. The summed E-state index contributed by atoms with van der Waals surface area (Å²) < 4.78 is 6.93. The number of aryl methyl sites for hydroxylation is 2. The number of para-hydroxylation sites is 1. The second-order valence-corrected chi connectivity index (χ2v) is 10.0. The van der Waals surface area contributed by atoms with Crippen LogP contribution in [0.25, 0.3) is 10.2 Å². The number of thioether (sulfide) groups is 1. The summed E-state index contributed by atoms with van der Waals surface area (Å²) in [7, 11) is 0. The quantitative estimate of drug-likeness (QED) is 0.355. The van der Waals surface area contributed by atoms with E-state index in [-0.39, 0.29) is 5.91 Å². The number of thiazole rings is 1. The average Bonchev–Trinajstić information content (AvgIpc) is 3.49. The highest BCUT2D eigenvalue weighted by Crippen LogP contribution is 2.23. The van der Waals surface area contributed by atoms with Crippen LogP contribution in [0.4, 0.5) is 0 Å². The molecule has 1 aliphatic heterocycles. The van der Waals surface area contributed by atoms with E-state index in [1.165, 1.54) is 22.0 Å². The third-order valence-corrected chi connectivity index (χ3v) is 7.53. The van der Waals surface area contributed by atoms with Gasteiger partial charge in [0.25, 0.3) is 5.22 Å². The molecule has 0 bridgehead atoms. The van der Waals surface area contributed by atoms with Crippen molar-refractivity contribution in [3.63, 3.8) is 0 Å². The number of rotatable bonds is 8. The number of nitrogens with zero attached hydrogens (tertiary/aromatic N) is 5. The maximum Gasteiger partial charge on any atom is 0.277 e. The molecular weight excluding hydrogens is 454 g/mol. The summed E-state index contributed by atoms with van der Waals surface area (Å²) in [6.07, 6.45) is 1.41. The summed E-state index contributed by atoms with van der Waals surface area (Å²) >= 11 is 3.01. The van der Waals surface area contributed by atoms with Crippen molar-refractivity contribution in [1.29, 1.82) is 0 Å². The third kappa shape index (κ3) is 5.79. The molecule has 0 radical (unpaired) electrons. The van der Waals surface area contributed by atoms with Gasteiger partial charge in [-0.05, 0) is 17.7 Å². The van der Waals surface area contributed by atoms with E-state index in [1.54, 1.807) is 11.3 Å². The van der Waals surface area contributed by atoms with Gasteiger partial charge in [0.15, 0.2) is 0 Å². The Hall–Kier alpha value is -2.75. The van der Waals surface area contributed by atoms with Gasteiger partial charge in [0, 0.05) is 45.6 Å². The molecule has 0 saturated carbocycles. The standard InChI is InChI=1S/C24H25N5O2S2/c30-23(29-14-12-28(13-15-29)16-18-6-2-1-3-7-18)17-32-24-27-26-21(31-24)10-11-22-25-19-8-4-5-9-20(19)33-22/h1-9H,10-17H2. The van der Waals surface area contributed by atoms with Crippen LogP contribution in [-0.4, -0.2) is 62.8 Å². The first kappa shape index (κ1) is 22.1. The minimum Gasteiger partial charge on any atom is -0.416 e. The van der Waals surface area contributed by atoms with Crippen LogP contribution in [0.15, 0.2) is 64.2 Å². The largest absolute Gasteiger partial charge is 0.416 e. The van der Waals surface area contributed by atoms with Crippen molar-refractivity contribution < 1.29 is 9.21 Å². The lowest BCUT2D eigenvalue weighted by Crippen LogP contribution is -2.48. The summed E-state index contributed by atoms with van der Waals surface area (Å²) in [5.74, 6) is 1.02. The smallest absolute Gasteiger partial charge is 0.277 e. The fraction of sp³-hybridized carbons (Fsp3) is 0.333. The van der Waals surface area contributed by atoms with E-state index >= 15 is 0 Å². The Morgan fingerprint density at radius 3 is 2.58 bits per heavy atom. The number of piperazine rings is 1. The zero-order chi connectivity index (χ0) is 22.5. The molecule has 4 aromatic rings.